The fourth-order valence-corrected chi connectivity index (χ4v) is 2.33. The van der Waals surface area contributed by atoms with Crippen LogP contribution in [0.3, 0.4) is 0 Å². The molecule has 0 saturated heterocycles. The first-order valence-corrected chi connectivity index (χ1v) is 8.85. The molecule has 0 aliphatic heterocycles. The molecule has 144 valence electrons. The van der Waals surface area contributed by atoms with Gasteiger partial charge in [-0.15, -0.1) is 0 Å². The number of hydrogen-bond acceptors (Lipinski definition) is 3. The van der Waals surface area contributed by atoms with Crippen LogP contribution in [0.25, 0.3) is 0 Å². The van der Waals surface area contributed by atoms with Gasteiger partial charge in [0, 0.05) is 12.1 Å². The Hall–Kier alpha value is -2.37. The van der Waals surface area contributed by atoms with Gasteiger partial charge in [0.1, 0.15) is 6.04 Å². The second-order valence-electron chi connectivity index (χ2n) is 8.01. The van der Waals surface area contributed by atoms with E-state index < -0.39 is 17.9 Å². The highest BCUT2D eigenvalue weighted by Crippen LogP contribution is 2.22. The van der Waals surface area contributed by atoms with Gasteiger partial charge in [-0.05, 0) is 29.0 Å². The summed E-state index contributed by atoms with van der Waals surface area (Å²) in [5, 5.41) is 14.2. The summed E-state index contributed by atoms with van der Waals surface area (Å²) in [6, 6.07) is 6.59. The van der Waals surface area contributed by atoms with Crippen LogP contribution < -0.4 is 10.6 Å². The van der Waals surface area contributed by atoms with Crippen molar-refractivity contribution in [2.24, 2.45) is 11.8 Å². The number of carboxylic acids is 1. The van der Waals surface area contributed by atoms with Gasteiger partial charge in [0.15, 0.2) is 0 Å². The molecule has 0 aliphatic rings. The highest BCUT2D eigenvalue weighted by atomic mass is 16.4. The number of benzene rings is 1. The van der Waals surface area contributed by atoms with Crippen LogP contribution in [0.2, 0.25) is 0 Å². The highest BCUT2D eigenvalue weighted by Gasteiger charge is 2.25. The smallest absolute Gasteiger partial charge is 0.308 e. The Bertz CT molecular complexity index is 645. The molecule has 0 bridgehead atoms. The van der Waals surface area contributed by atoms with E-state index in [1.54, 1.807) is 12.1 Å². The summed E-state index contributed by atoms with van der Waals surface area (Å²) in [6.45, 7) is 11.5. The van der Waals surface area contributed by atoms with E-state index >= 15 is 0 Å². The van der Waals surface area contributed by atoms with Crippen molar-refractivity contribution >= 4 is 17.8 Å². The lowest BCUT2D eigenvalue weighted by molar-refractivity contribution is -0.141. The molecule has 0 aromatic heterocycles. The second-order valence-corrected chi connectivity index (χ2v) is 8.01. The minimum atomic E-state index is -0.977. The molecule has 3 N–H and O–H groups in total. The Labute approximate surface area is 155 Å². The molecular weight excluding hydrogens is 332 g/mol. The molecule has 1 rings (SSSR count). The van der Waals surface area contributed by atoms with Crippen LogP contribution in [-0.2, 0) is 15.0 Å². The number of amides is 2. The minimum Gasteiger partial charge on any atom is -0.481 e. The lowest BCUT2D eigenvalue weighted by Gasteiger charge is -2.23. The first-order valence-electron chi connectivity index (χ1n) is 8.85. The molecular formula is C20H30N2O4. The van der Waals surface area contributed by atoms with Crippen molar-refractivity contribution in [2.45, 2.75) is 53.0 Å². The Kier molecular flexibility index (Phi) is 7.36. The minimum absolute atomic E-state index is 0.00378. The molecule has 2 atom stereocenters. The number of carbonyl (C=O) groups is 3. The zero-order valence-electron chi connectivity index (χ0n) is 16.4. The first-order chi connectivity index (χ1) is 11.9. The molecule has 0 spiro atoms. The molecule has 0 aliphatic carbocycles. The number of aliphatic carboxylic acids is 1. The number of rotatable bonds is 7. The van der Waals surface area contributed by atoms with Crippen LogP contribution >= 0.6 is 0 Å². The van der Waals surface area contributed by atoms with Gasteiger partial charge in [0.25, 0.3) is 5.91 Å². The van der Waals surface area contributed by atoms with Crippen LogP contribution in [-0.4, -0.2) is 35.5 Å². The van der Waals surface area contributed by atoms with E-state index in [-0.39, 0.29) is 29.7 Å². The predicted octanol–water partition coefficient (Wildman–Crippen LogP) is 2.58. The molecule has 0 heterocycles. The normalized spacial score (nSPS) is 13.8. The quantitative estimate of drug-likeness (QED) is 0.695. The number of hydrogen-bond donors (Lipinski definition) is 3. The van der Waals surface area contributed by atoms with Gasteiger partial charge in [-0.25, -0.2) is 0 Å². The third kappa shape index (κ3) is 6.17. The van der Waals surface area contributed by atoms with Crippen molar-refractivity contribution in [3.63, 3.8) is 0 Å². The molecule has 6 nitrogen and oxygen atoms in total. The average Bonchev–Trinajstić information content (AvgIpc) is 2.55. The summed E-state index contributed by atoms with van der Waals surface area (Å²) in [4.78, 5) is 35.7. The molecule has 1 aromatic carbocycles. The summed E-state index contributed by atoms with van der Waals surface area (Å²) in [5.41, 5.74) is 1.60. The van der Waals surface area contributed by atoms with Gasteiger partial charge in [-0.3, -0.25) is 14.4 Å². The zero-order valence-corrected chi connectivity index (χ0v) is 16.4. The van der Waals surface area contributed by atoms with Crippen molar-refractivity contribution in [3.8, 4) is 0 Å². The van der Waals surface area contributed by atoms with Crippen molar-refractivity contribution in [3.05, 3.63) is 35.4 Å². The molecule has 0 fully saturated rings. The summed E-state index contributed by atoms with van der Waals surface area (Å²) in [6.07, 6.45) is 0. The average molecular weight is 362 g/mol. The van der Waals surface area contributed by atoms with Gasteiger partial charge >= 0.3 is 5.97 Å². The lowest BCUT2D eigenvalue weighted by atomic mass is 9.86. The third-order valence-electron chi connectivity index (χ3n) is 4.25. The third-order valence-corrected chi connectivity index (χ3v) is 4.25. The number of carboxylic acid groups (broad SMARTS) is 1. The fourth-order valence-electron chi connectivity index (χ4n) is 2.33. The summed E-state index contributed by atoms with van der Waals surface area (Å²) in [7, 11) is 0. The monoisotopic (exact) mass is 362 g/mol. The Morgan fingerprint density at radius 3 is 2.00 bits per heavy atom. The van der Waals surface area contributed by atoms with E-state index in [1.165, 1.54) is 6.92 Å². The number of carbonyl (C=O) groups excluding carboxylic acids is 2. The summed E-state index contributed by atoms with van der Waals surface area (Å²) >= 11 is 0. The van der Waals surface area contributed by atoms with Gasteiger partial charge < -0.3 is 15.7 Å². The zero-order chi connectivity index (χ0) is 20.1. The largest absolute Gasteiger partial charge is 0.481 e. The molecule has 2 amide bonds. The molecule has 0 radical (unpaired) electrons. The Balaban J connectivity index is 2.79. The molecule has 0 saturated carbocycles. The summed E-state index contributed by atoms with van der Waals surface area (Å²) < 4.78 is 0. The Morgan fingerprint density at radius 1 is 1.04 bits per heavy atom. The SMILES string of the molecule is CC(CNC(=O)C(NC(=O)c1ccc(C(C)(C)C)cc1)C(C)C)C(=O)O. The second kappa shape index (κ2) is 8.83. The molecule has 26 heavy (non-hydrogen) atoms. The lowest BCUT2D eigenvalue weighted by Crippen LogP contribution is -2.50. The van der Waals surface area contributed by atoms with Gasteiger partial charge in [0.05, 0.1) is 5.92 Å². The topological polar surface area (TPSA) is 95.5 Å². The van der Waals surface area contributed by atoms with E-state index in [0.29, 0.717) is 5.56 Å². The van der Waals surface area contributed by atoms with Crippen LogP contribution in [0.1, 0.15) is 57.5 Å². The maximum atomic E-state index is 12.5. The van der Waals surface area contributed by atoms with Crippen LogP contribution in [0.5, 0.6) is 0 Å². The maximum absolute atomic E-state index is 12.5. The fraction of sp³-hybridized carbons (Fsp3) is 0.550. The van der Waals surface area contributed by atoms with Crippen LogP contribution in [0.4, 0.5) is 0 Å². The van der Waals surface area contributed by atoms with E-state index in [2.05, 4.69) is 31.4 Å². The van der Waals surface area contributed by atoms with Crippen molar-refractivity contribution in [1.82, 2.24) is 10.6 Å². The van der Waals surface area contributed by atoms with E-state index in [0.717, 1.165) is 5.56 Å². The standard InChI is InChI=1S/C20H30N2O4/c1-12(2)16(18(24)21-11-13(3)19(25)26)22-17(23)14-7-9-15(10-8-14)20(4,5)6/h7-10,12-13,16H,11H2,1-6H3,(H,21,24)(H,22,23)(H,25,26). The predicted molar refractivity (Wildman–Crippen MR) is 101 cm³/mol. The van der Waals surface area contributed by atoms with Gasteiger partial charge in [-0.2, -0.15) is 0 Å². The first kappa shape index (κ1) is 21.7. The number of nitrogens with one attached hydrogen (secondary N) is 2. The van der Waals surface area contributed by atoms with E-state index in [9.17, 15) is 14.4 Å². The van der Waals surface area contributed by atoms with Crippen LogP contribution in [0, 0.1) is 11.8 Å². The van der Waals surface area contributed by atoms with Crippen molar-refractivity contribution < 1.29 is 19.5 Å². The van der Waals surface area contributed by atoms with Crippen molar-refractivity contribution in [2.75, 3.05) is 6.54 Å². The van der Waals surface area contributed by atoms with Crippen LogP contribution in [0.15, 0.2) is 24.3 Å². The van der Waals surface area contributed by atoms with Gasteiger partial charge in [-0.1, -0.05) is 53.7 Å². The Morgan fingerprint density at radius 2 is 1.58 bits per heavy atom. The van der Waals surface area contributed by atoms with Crippen molar-refractivity contribution in [1.29, 1.82) is 0 Å². The summed E-state index contributed by atoms with van der Waals surface area (Å²) in [5.74, 6) is -2.51. The van der Waals surface area contributed by atoms with Gasteiger partial charge in [0.2, 0.25) is 5.91 Å². The molecule has 1 aromatic rings. The van der Waals surface area contributed by atoms with E-state index in [1.807, 2.05) is 26.0 Å². The molecule has 2 unspecified atom stereocenters. The molecule has 6 heteroatoms. The highest BCUT2D eigenvalue weighted by molar-refractivity contribution is 5.97. The maximum Gasteiger partial charge on any atom is 0.308 e. The van der Waals surface area contributed by atoms with E-state index in [4.69, 9.17) is 5.11 Å².